The molecule has 3 rings (SSSR count). The van der Waals surface area contributed by atoms with E-state index in [0.717, 1.165) is 23.3 Å². The molecule has 6 nitrogen and oxygen atoms in total. The standard InChI is InChI=1S/C14H15N3O3/c1-20-12-3-2-10-13(16-12)11(4-6-15-10)17-7-5-9(8-17)14(18)19/h2-4,6,9H,5,7-8H2,1H3,(H,18,19)/t9-/m0/s1. The first-order valence-electron chi connectivity index (χ1n) is 6.46. The summed E-state index contributed by atoms with van der Waals surface area (Å²) < 4.78 is 5.15. The maximum absolute atomic E-state index is 11.1. The molecule has 0 amide bonds. The third-order valence-electron chi connectivity index (χ3n) is 3.62. The number of pyridine rings is 2. The highest BCUT2D eigenvalue weighted by atomic mass is 16.5. The van der Waals surface area contributed by atoms with E-state index in [1.54, 1.807) is 19.4 Å². The molecule has 1 aliphatic rings. The summed E-state index contributed by atoms with van der Waals surface area (Å²) in [5.41, 5.74) is 2.44. The fraction of sp³-hybridized carbons (Fsp3) is 0.357. The molecular weight excluding hydrogens is 258 g/mol. The van der Waals surface area contributed by atoms with Crippen LogP contribution in [0.3, 0.4) is 0 Å². The number of rotatable bonds is 3. The Labute approximate surface area is 116 Å². The monoisotopic (exact) mass is 273 g/mol. The molecule has 0 unspecified atom stereocenters. The molecule has 6 heteroatoms. The molecule has 0 aromatic carbocycles. The van der Waals surface area contributed by atoms with Crippen molar-refractivity contribution in [2.24, 2.45) is 5.92 Å². The number of methoxy groups -OCH3 is 1. The smallest absolute Gasteiger partial charge is 0.308 e. The fourth-order valence-corrected chi connectivity index (χ4v) is 2.54. The zero-order chi connectivity index (χ0) is 14.1. The number of aliphatic carboxylic acids is 1. The van der Waals surface area contributed by atoms with Crippen molar-refractivity contribution in [2.45, 2.75) is 6.42 Å². The predicted octanol–water partition coefficient (Wildman–Crippen LogP) is 1.55. The molecule has 2 aromatic heterocycles. The predicted molar refractivity (Wildman–Crippen MR) is 74.0 cm³/mol. The van der Waals surface area contributed by atoms with Crippen molar-refractivity contribution in [2.75, 3.05) is 25.1 Å². The summed E-state index contributed by atoms with van der Waals surface area (Å²) in [6.07, 6.45) is 2.38. The number of aromatic nitrogens is 2. The van der Waals surface area contributed by atoms with Crippen LogP contribution in [0.15, 0.2) is 24.4 Å². The molecule has 1 fully saturated rings. The molecule has 1 aliphatic heterocycles. The Hall–Kier alpha value is -2.37. The van der Waals surface area contributed by atoms with Crippen molar-refractivity contribution < 1.29 is 14.6 Å². The maximum Gasteiger partial charge on any atom is 0.308 e. The molecule has 104 valence electrons. The summed E-state index contributed by atoms with van der Waals surface area (Å²) in [6.45, 7) is 1.22. The highest BCUT2D eigenvalue weighted by Gasteiger charge is 2.29. The van der Waals surface area contributed by atoms with E-state index in [0.29, 0.717) is 18.8 Å². The first-order valence-corrected chi connectivity index (χ1v) is 6.46. The molecule has 0 radical (unpaired) electrons. The molecule has 1 atom stereocenters. The van der Waals surface area contributed by atoms with Crippen LogP contribution in [0.25, 0.3) is 11.0 Å². The van der Waals surface area contributed by atoms with Crippen LogP contribution in [-0.4, -0.2) is 41.2 Å². The van der Waals surface area contributed by atoms with Crippen molar-refractivity contribution in [3.05, 3.63) is 24.4 Å². The van der Waals surface area contributed by atoms with Gasteiger partial charge in [0.05, 0.1) is 24.2 Å². The van der Waals surface area contributed by atoms with Crippen LogP contribution in [0.5, 0.6) is 5.88 Å². The largest absolute Gasteiger partial charge is 0.481 e. The second kappa shape index (κ2) is 4.96. The van der Waals surface area contributed by atoms with Crippen molar-refractivity contribution in [1.29, 1.82) is 0 Å². The van der Waals surface area contributed by atoms with Gasteiger partial charge in [-0.05, 0) is 18.6 Å². The van der Waals surface area contributed by atoms with Gasteiger partial charge in [0, 0.05) is 25.4 Å². The van der Waals surface area contributed by atoms with Crippen LogP contribution < -0.4 is 9.64 Å². The van der Waals surface area contributed by atoms with Gasteiger partial charge in [0.1, 0.15) is 5.52 Å². The fourth-order valence-electron chi connectivity index (χ4n) is 2.54. The van der Waals surface area contributed by atoms with E-state index >= 15 is 0 Å². The number of anilines is 1. The van der Waals surface area contributed by atoms with Gasteiger partial charge in [-0.3, -0.25) is 9.78 Å². The third kappa shape index (κ3) is 2.13. The summed E-state index contributed by atoms with van der Waals surface area (Å²) in [4.78, 5) is 21.8. The highest BCUT2D eigenvalue weighted by Crippen LogP contribution is 2.30. The van der Waals surface area contributed by atoms with Crippen LogP contribution in [0.1, 0.15) is 6.42 Å². The molecule has 0 saturated carbocycles. The summed E-state index contributed by atoms with van der Waals surface area (Å²) in [6, 6.07) is 5.50. The van der Waals surface area contributed by atoms with Crippen molar-refractivity contribution in [3.63, 3.8) is 0 Å². The summed E-state index contributed by atoms with van der Waals surface area (Å²) in [5, 5.41) is 9.10. The van der Waals surface area contributed by atoms with E-state index in [-0.39, 0.29) is 5.92 Å². The van der Waals surface area contributed by atoms with Crippen LogP contribution in [0.4, 0.5) is 5.69 Å². The molecule has 0 aliphatic carbocycles. The Morgan fingerprint density at radius 3 is 3.00 bits per heavy atom. The molecular formula is C14H15N3O3. The van der Waals surface area contributed by atoms with E-state index in [4.69, 9.17) is 9.84 Å². The SMILES string of the molecule is COc1ccc2nccc(N3CC[C@H](C(=O)O)C3)c2n1. The van der Waals surface area contributed by atoms with E-state index < -0.39 is 5.97 Å². The minimum Gasteiger partial charge on any atom is -0.481 e. The molecule has 3 heterocycles. The summed E-state index contributed by atoms with van der Waals surface area (Å²) in [7, 11) is 1.57. The van der Waals surface area contributed by atoms with Crippen molar-refractivity contribution in [1.82, 2.24) is 9.97 Å². The van der Waals surface area contributed by atoms with E-state index in [9.17, 15) is 4.79 Å². The molecule has 2 aromatic rings. The van der Waals surface area contributed by atoms with Crippen molar-refractivity contribution >= 4 is 22.7 Å². The minimum absolute atomic E-state index is 0.316. The number of hydrogen-bond donors (Lipinski definition) is 1. The van der Waals surface area contributed by atoms with Gasteiger partial charge in [-0.1, -0.05) is 0 Å². The molecule has 20 heavy (non-hydrogen) atoms. The Morgan fingerprint density at radius 2 is 2.30 bits per heavy atom. The van der Waals surface area contributed by atoms with Gasteiger partial charge in [-0.2, -0.15) is 0 Å². The number of carboxylic acids is 1. The van der Waals surface area contributed by atoms with E-state index in [2.05, 4.69) is 14.9 Å². The van der Waals surface area contributed by atoms with Gasteiger partial charge in [0.15, 0.2) is 0 Å². The lowest BCUT2D eigenvalue weighted by Crippen LogP contribution is -2.23. The Bertz CT molecular complexity index is 659. The van der Waals surface area contributed by atoms with Gasteiger partial charge < -0.3 is 14.7 Å². The zero-order valence-electron chi connectivity index (χ0n) is 11.1. The highest BCUT2D eigenvalue weighted by molar-refractivity contribution is 5.88. The first-order chi connectivity index (χ1) is 9.69. The second-order valence-corrected chi connectivity index (χ2v) is 4.82. The van der Waals surface area contributed by atoms with Crippen LogP contribution in [0.2, 0.25) is 0 Å². The van der Waals surface area contributed by atoms with Gasteiger partial charge >= 0.3 is 5.97 Å². The average molecular weight is 273 g/mol. The number of carboxylic acid groups (broad SMARTS) is 1. The summed E-state index contributed by atoms with van der Waals surface area (Å²) in [5.74, 6) is -0.527. The minimum atomic E-state index is -0.739. The van der Waals surface area contributed by atoms with Crippen LogP contribution in [0, 0.1) is 5.92 Å². The quantitative estimate of drug-likeness (QED) is 0.914. The Morgan fingerprint density at radius 1 is 1.45 bits per heavy atom. The van der Waals surface area contributed by atoms with E-state index in [1.807, 2.05) is 12.1 Å². The van der Waals surface area contributed by atoms with Crippen LogP contribution >= 0.6 is 0 Å². The zero-order valence-corrected chi connectivity index (χ0v) is 11.1. The normalized spacial score (nSPS) is 18.4. The lowest BCUT2D eigenvalue weighted by Gasteiger charge is -2.19. The molecule has 1 N–H and O–H groups in total. The number of nitrogens with zero attached hydrogens (tertiary/aromatic N) is 3. The lowest BCUT2D eigenvalue weighted by molar-refractivity contribution is -0.140. The van der Waals surface area contributed by atoms with Gasteiger partial charge in [0.25, 0.3) is 0 Å². The Kier molecular flexibility index (Phi) is 3.14. The first kappa shape index (κ1) is 12.7. The van der Waals surface area contributed by atoms with Crippen LogP contribution in [-0.2, 0) is 4.79 Å². The average Bonchev–Trinajstić information content (AvgIpc) is 2.96. The van der Waals surface area contributed by atoms with Gasteiger partial charge in [-0.15, -0.1) is 0 Å². The second-order valence-electron chi connectivity index (χ2n) is 4.82. The molecule has 0 bridgehead atoms. The van der Waals surface area contributed by atoms with E-state index in [1.165, 1.54) is 0 Å². The number of hydrogen-bond acceptors (Lipinski definition) is 5. The molecule has 1 saturated heterocycles. The lowest BCUT2D eigenvalue weighted by atomic mass is 10.1. The number of carbonyl (C=O) groups is 1. The topological polar surface area (TPSA) is 75.5 Å². The van der Waals surface area contributed by atoms with Gasteiger partial charge in [-0.25, -0.2) is 4.98 Å². The maximum atomic E-state index is 11.1. The van der Waals surface area contributed by atoms with Gasteiger partial charge in [0.2, 0.25) is 5.88 Å². The summed E-state index contributed by atoms with van der Waals surface area (Å²) >= 11 is 0. The number of fused-ring (bicyclic) bond motifs is 1. The number of ether oxygens (including phenoxy) is 1. The Balaban J connectivity index is 2.01. The molecule has 0 spiro atoms. The van der Waals surface area contributed by atoms with Crippen molar-refractivity contribution in [3.8, 4) is 5.88 Å². The third-order valence-corrected chi connectivity index (χ3v) is 3.62.